The molecule has 0 atom stereocenters. The lowest BCUT2D eigenvalue weighted by Crippen LogP contribution is -2.20. The number of carboxylic acid groups (broad SMARTS) is 1. The van der Waals surface area contributed by atoms with Crippen LogP contribution in [-0.4, -0.2) is 32.6 Å². The van der Waals surface area contributed by atoms with Gasteiger partial charge in [-0.25, -0.2) is 14.2 Å². The number of imidazole rings is 1. The highest BCUT2D eigenvalue weighted by Crippen LogP contribution is 2.14. The first kappa shape index (κ1) is 14.2. The molecule has 0 aliphatic rings. The lowest BCUT2D eigenvalue weighted by molar-refractivity contribution is 0.0696. The number of rotatable bonds is 5. The van der Waals surface area contributed by atoms with Gasteiger partial charge in [0.1, 0.15) is 11.6 Å². The number of aromatic nitrogens is 2. The molecule has 20 heavy (non-hydrogen) atoms. The van der Waals surface area contributed by atoms with E-state index in [0.717, 1.165) is 5.82 Å². The van der Waals surface area contributed by atoms with Gasteiger partial charge in [0.2, 0.25) is 0 Å². The predicted molar refractivity (Wildman–Crippen MR) is 71.7 cm³/mol. The normalized spacial score (nSPS) is 11.0. The van der Waals surface area contributed by atoms with E-state index in [0.29, 0.717) is 18.7 Å². The number of carboxylic acids is 1. The van der Waals surface area contributed by atoms with Gasteiger partial charge in [-0.05, 0) is 25.2 Å². The number of nitrogens with zero attached hydrogens (tertiary/aromatic N) is 3. The molecule has 1 heterocycles. The molecule has 1 aromatic heterocycles. The van der Waals surface area contributed by atoms with Crippen molar-refractivity contribution in [3.8, 4) is 0 Å². The molecule has 0 spiro atoms. The molecule has 0 fully saturated rings. The van der Waals surface area contributed by atoms with Crippen LogP contribution in [0.2, 0.25) is 0 Å². The maximum atomic E-state index is 13.7. The Bertz CT molecular complexity index is 625. The van der Waals surface area contributed by atoms with Gasteiger partial charge in [-0.15, -0.1) is 0 Å². The van der Waals surface area contributed by atoms with Crippen LogP contribution < -0.4 is 0 Å². The average Bonchev–Trinajstić information content (AvgIpc) is 2.77. The van der Waals surface area contributed by atoms with E-state index in [4.69, 9.17) is 5.11 Å². The summed E-state index contributed by atoms with van der Waals surface area (Å²) in [4.78, 5) is 17.0. The van der Waals surface area contributed by atoms with Crippen molar-refractivity contribution in [2.75, 3.05) is 7.05 Å². The minimum absolute atomic E-state index is 0.0896. The van der Waals surface area contributed by atoms with Crippen molar-refractivity contribution < 1.29 is 14.3 Å². The number of hydrogen-bond donors (Lipinski definition) is 1. The van der Waals surface area contributed by atoms with E-state index < -0.39 is 11.8 Å². The average molecular weight is 277 g/mol. The summed E-state index contributed by atoms with van der Waals surface area (Å²) in [5, 5.41) is 8.93. The summed E-state index contributed by atoms with van der Waals surface area (Å²) < 4.78 is 15.6. The molecule has 2 rings (SSSR count). The molecule has 0 saturated heterocycles. The third kappa shape index (κ3) is 3.21. The molecule has 1 aromatic carbocycles. The molecule has 0 saturated carbocycles. The SMILES string of the molecule is CN(Cc1cc(C(=O)O)ccc1F)Cc1nccn1C. The van der Waals surface area contributed by atoms with E-state index in [2.05, 4.69) is 4.98 Å². The Morgan fingerprint density at radius 3 is 2.80 bits per heavy atom. The Morgan fingerprint density at radius 2 is 2.20 bits per heavy atom. The zero-order valence-electron chi connectivity index (χ0n) is 11.4. The number of hydrogen-bond acceptors (Lipinski definition) is 3. The fourth-order valence-electron chi connectivity index (χ4n) is 1.97. The van der Waals surface area contributed by atoms with Crippen molar-refractivity contribution in [2.45, 2.75) is 13.1 Å². The van der Waals surface area contributed by atoms with Crippen molar-refractivity contribution in [2.24, 2.45) is 7.05 Å². The van der Waals surface area contributed by atoms with Gasteiger partial charge in [0.15, 0.2) is 0 Å². The van der Waals surface area contributed by atoms with Gasteiger partial charge in [-0.2, -0.15) is 0 Å². The third-order valence-electron chi connectivity index (χ3n) is 3.07. The Hall–Kier alpha value is -2.21. The highest BCUT2D eigenvalue weighted by Gasteiger charge is 2.11. The van der Waals surface area contributed by atoms with E-state index >= 15 is 0 Å². The molecule has 0 radical (unpaired) electrons. The summed E-state index contributed by atoms with van der Waals surface area (Å²) in [5.41, 5.74) is 0.452. The maximum absolute atomic E-state index is 13.7. The first-order valence-corrected chi connectivity index (χ1v) is 6.14. The minimum atomic E-state index is -1.06. The fraction of sp³-hybridized carbons (Fsp3) is 0.286. The summed E-state index contributed by atoms with van der Waals surface area (Å²) >= 11 is 0. The van der Waals surface area contributed by atoms with Crippen LogP contribution in [0.4, 0.5) is 4.39 Å². The van der Waals surface area contributed by atoms with Gasteiger partial charge >= 0.3 is 5.97 Å². The van der Waals surface area contributed by atoms with E-state index in [-0.39, 0.29) is 5.56 Å². The van der Waals surface area contributed by atoms with Crippen LogP contribution in [0.1, 0.15) is 21.7 Å². The summed E-state index contributed by atoms with van der Waals surface area (Å²) in [6.45, 7) is 0.875. The summed E-state index contributed by atoms with van der Waals surface area (Å²) in [7, 11) is 3.73. The highest BCUT2D eigenvalue weighted by atomic mass is 19.1. The van der Waals surface area contributed by atoms with Crippen LogP contribution in [0.5, 0.6) is 0 Å². The Balaban J connectivity index is 2.11. The zero-order valence-corrected chi connectivity index (χ0v) is 11.4. The molecule has 2 aromatic rings. The number of aryl methyl sites for hydroxylation is 1. The molecule has 106 valence electrons. The van der Waals surface area contributed by atoms with E-state index in [9.17, 15) is 9.18 Å². The number of halogens is 1. The second-order valence-corrected chi connectivity index (χ2v) is 4.74. The van der Waals surface area contributed by atoms with Crippen LogP contribution in [0.25, 0.3) is 0 Å². The Kier molecular flexibility index (Phi) is 4.14. The monoisotopic (exact) mass is 277 g/mol. The van der Waals surface area contributed by atoms with Crippen molar-refractivity contribution >= 4 is 5.97 Å². The molecule has 0 amide bonds. The number of benzene rings is 1. The van der Waals surface area contributed by atoms with Crippen molar-refractivity contribution in [3.05, 3.63) is 53.4 Å². The molecule has 0 bridgehead atoms. The maximum Gasteiger partial charge on any atom is 0.335 e. The van der Waals surface area contributed by atoms with Gasteiger partial charge in [0.25, 0.3) is 0 Å². The smallest absolute Gasteiger partial charge is 0.335 e. The number of carbonyl (C=O) groups is 1. The Labute approximate surface area is 116 Å². The van der Waals surface area contributed by atoms with Gasteiger partial charge in [-0.3, -0.25) is 4.90 Å². The standard InChI is InChI=1S/C14H16FN3O2/c1-17(9-13-16-5-6-18(13)2)8-11-7-10(14(19)20)3-4-12(11)15/h3-7H,8-9H2,1-2H3,(H,19,20). The third-order valence-corrected chi connectivity index (χ3v) is 3.07. The van der Waals surface area contributed by atoms with Crippen LogP contribution in [0.15, 0.2) is 30.6 Å². The molecular formula is C14H16FN3O2. The van der Waals surface area contributed by atoms with Gasteiger partial charge < -0.3 is 9.67 Å². The van der Waals surface area contributed by atoms with Gasteiger partial charge in [0, 0.05) is 31.5 Å². The second kappa shape index (κ2) is 5.83. The molecule has 1 N–H and O–H groups in total. The summed E-state index contributed by atoms with van der Waals surface area (Å²) in [6, 6.07) is 3.82. The molecule has 0 unspecified atom stereocenters. The first-order valence-electron chi connectivity index (χ1n) is 6.14. The molecule has 0 aliphatic heterocycles. The number of aromatic carboxylic acids is 1. The predicted octanol–water partition coefficient (Wildman–Crippen LogP) is 1.89. The van der Waals surface area contributed by atoms with Crippen LogP contribution in [0.3, 0.4) is 0 Å². The van der Waals surface area contributed by atoms with Crippen LogP contribution >= 0.6 is 0 Å². The summed E-state index contributed by atoms with van der Waals surface area (Å²) in [5.74, 6) is -0.595. The molecule has 6 heteroatoms. The van der Waals surface area contributed by atoms with Crippen molar-refractivity contribution in [3.63, 3.8) is 0 Å². The summed E-state index contributed by atoms with van der Waals surface area (Å²) in [6.07, 6.45) is 3.55. The largest absolute Gasteiger partial charge is 0.478 e. The molecular weight excluding hydrogens is 261 g/mol. The Morgan fingerprint density at radius 1 is 1.45 bits per heavy atom. The van der Waals surface area contributed by atoms with E-state index in [1.807, 2.05) is 29.8 Å². The molecule has 0 aliphatic carbocycles. The van der Waals surface area contributed by atoms with Gasteiger partial charge in [0.05, 0.1) is 12.1 Å². The lowest BCUT2D eigenvalue weighted by Gasteiger charge is -2.17. The van der Waals surface area contributed by atoms with Gasteiger partial charge in [-0.1, -0.05) is 0 Å². The topological polar surface area (TPSA) is 58.4 Å². The zero-order chi connectivity index (χ0) is 14.7. The van der Waals surface area contributed by atoms with Crippen LogP contribution in [-0.2, 0) is 20.1 Å². The minimum Gasteiger partial charge on any atom is -0.478 e. The fourth-order valence-corrected chi connectivity index (χ4v) is 1.97. The highest BCUT2D eigenvalue weighted by molar-refractivity contribution is 5.87. The van der Waals surface area contributed by atoms with E-state index in [1.165, 1.54) is 18.2 Å². The van der Waals surface area contributed by atoms with Crippen molar-refractivity contribution in [1.29, 1.82) is 0 Å². The first-order chi connectivity index (χ1) is 9.47. The second-order valence-electron chi connectivity index (χ2n) is 4.74. The quantitative estimate of drug-likeness (QED) is 0.906. The van der Waals surface area contributed by atoms with E-state index in [1.54, 1.807) is 6.20 Å². The van der Waals surface area contributed by atoms with Crippen LogP contribution in [0, 0.1) is 5.82 Å². The molecule has 5 nitrogen and oxygen atoms in total. The van der Waals surface area contributed by atoms with Crippen molar-refractivity contribution in [1.82, 2.24) is 14.5 Å². The lowest BCUT2D eigenvalue weighted by atomic mass is 10.1.